The first-order valence-electron chi connectivity index (χ1n) is 9.40. The highest BCUT2D eigenvalue weighted by molar-refractivity contribution is 8.00. The van der Waals surface area contributed by atoms with Gasteiger partial charge in [-0.3, -0.25) is 4.79 Å². The molecule has 1 amide bonds. The molecular formula is C21H16ClN5O3S. The van der Waals surface area contributed by atoms with Gasteiger partial charge in [-0.15, -0.1) is 0 Å². The van der Waals surface area contributed by atoms with Crippen LogP contribution >= 0.6 is 23.4 Å². The molecule has 0 saturated heterocycles. The maximum Gasteiger partial charge on any atom is 0.231 e. The highest BCUT2D eigenvalue weighted by atomic mass is 35.5. The molecule has 1 N–H and O–H groups in total. The van der Waals surface area contributed by atoms with E-state index in [1.165, 1.54) is 18.1 Å². The molecule has 0 saturated carbocycles. The van der Waals surface area contributed by atoms with Crippen molar-refractivity contribution in [1.82, 2.24) is 25.1 Å². The number of hydrogen-bond donors (Lipinski definition) is 1. The Morgan fingerprint density at radius 1 is 1.16 bits per heavy atom. The molecule has 1 aliphatic rings. The number of fused-ring (bicyclic) bond motifs is 2. The minimum Gasteiger partial charge on any atom is -0.454 e. The molecular weight excluding hydrogens is 438 g/mol. The fraction of sp³-hybridized carbons (Fsp3) is 0.143. The van der Waals surface area contributed by atoms with Crippen molar-refractivity contribution in [3.63, 3.8) is 0 Å². The van der Waals surface area contributed by atoms with Crippen LogP contribution < -0.4 is 14.8 Å². The van der Waals surface area contributed by atoms with Crippen LogP contribution in [0.1, 0.15) is 5.56 Å². The first-order valence-corrected chi connectivity index (χ1v) is 10.8. The van der Waals surface area contributed by atoms with E-state index in [9.17, 15) is 4.79 Å². The van der Waals surface area contributed by atoms with Gasteiger partial charge in [0.05, 0.1) is 23.0 Å². The van der Waals surface area contributed by atoms with Crippen molar-refractivity contribution < 1.29 is 14.3 Å². The van der Waals surface area contributed by atoms with Crippen LogP contribution in [0.3, 0.4) is 0 Å². The van der Waals surface area contributed by atoms with E-state index in [-0.39, 0.29) is 18.5 Å². The fourth-order valence-corrected chi connectivity index (χ4v) is 4.15. The molecule has 0 atom stereocenters. The van der Waals surface area contributed by atoms with Gasteiger partial charge in [-0.1, -0.05) is 35.5 Å². The molecule has 0 fully saturated rings. The van der Waals surface area contributed by atoms with Gasteiger partial charge in [-0.25, -0.2) is 14.6 Å². The van der Waals surface area contributed by atoms with Crippen molar-refractivity contribution in [3.8, 4) is 17.2 Å². The molecule has 4 aromatic rings. The SMILES string of the molecule is O=C(CSc1ncnc2c1cnn2-c1cccc(Cl)c1)NCc1ccc2c(c1)OCO2. The quantitative estimate of drug-likeness (QED) is 0.352. The second-order valence-electron chi connectivity index (χ2n) is 6.71. The van der Waals surface area contributed by atoms with E-state index in [0.29, 0.717) is 28.0 Å². The summed E-state index contributed by atoms with van der Waals surface area (Å²) in [6.07, 6.45) is 3.17. The van der Waals surface area contributed by atoms with Crippen molar-refractivity contribution >= 4 is 40.3 Å². The number of nitrogens with zero attached hydrogens (tertiary/aromatic N) is 4. The Morgan fingerprint density at radius 2 is 2.06 bits per heavy atom. The molecule has 0 aliphatic carbocycles. The standard InChI is InChI=1S/C21H16ClN5O3S/c22-14-2-1-3-15(7-14)27-20-16(9-26-27)21(25-11-24-20)31-10-19(28)23-8-13-4-5-17-18(6-13)30-12-29-17/h1-7,9,11H,8,10,12H2,(H,23,28). The third-order valence-corrected chi connectivity index (χ3v) is 5.89. The highest BCUT2D eigenvalue weighted by Crippen LogP contribution is 2.32. The summed E-state index contributed by atoms with van der Waals surface area (Å²) >= 11 is 7.43. The number of amides is 1. The van der Waals surface area contributed by atoms with E-state index < -0.39 is 0 Å². The first kappa shape index (κ1) is 19.7. The fourth-order valence-electron chi connectivity index (χ4n) is 3.17. The number of aromatic nitrogens is 4. The zero-order chi connectivity index (χ0) is 21.2. The van der Waals surface area contributed by atoms with Crippen LogP contribution in [-0.2, 0) is 11.3 Å². The van der Waals surface area contributed by atoms with Gasteiger partial charge in [0.1, 0.15) is 11.4 Å². The summed E-state index contributed by atoms with van der Waals surface area (Å²) in [7, 11) is 0. The Hall–Kier alpha value is -3.30. The van der Waals surface area contributed by atoms with Gasteiger partial charge in [-0.05, 0) is 35.9 Å². The number of rotatable bonds is 6. The van der Waals surface area contributed by atoms with Crippen LogP contribution in [0.4, 0.5) is 0 Å². The van der Waals surface area contributed by atoms with E-state index >= 15 is 0 Å². The summed E-state index contributed by atoms with van der Waals surface area (Å²) in [5.74, 6) is 1.54. The lowest BCUT2D eigenvalue weighted by molar-refractivity contribution is -0.118. The van der Waals surface area contributed by atoms with Crippen LogP contribution in [0.15, 0.2) is 60.0 Å². The number of benzene rings is 2. The Morgan fingerprint density at radius 3 is 2.97 bits per heavy atom. The predicted octanol–water partition coefficient (Wildman–Crippen LogP) is 3.61. The number of thioether (sulfide) groups is 1. The van der Waals surface area contributed by atoms with Gasteiger partial charge in [0.25, 0.3) is 0 Å². The van der Waals surface area contributed by atoms with Crippen molar-refractivity contribution in [2.45, 2.75) is 11.6 Å². The van der Waals surface area contributed by atoms with Crippen LogP contribution in [-0.4, -0.2) is 38.2 Å². The third-order valence-electron chi connectivity index (χ3n) is 4.65. The first-order chi connectivity index (χ1) is 15.2. The van der Waals surface area contributed by atoms with Crippen molar-refractivity contribution in [2.24, 2.45) is 0 Å². The van der Waals surface area contributed by atoms with Gasteiger partial charge >= 0.3 is 0 Å². The normalized spacial score (nSPS) is 12.3. The van der Waals surface area contributed by atoms with Gasteiger partial charge in [-0.2, -0.15) is 5.10 Å². The van der Waals surface area contributed by atoms with E-state index in [2.05, 4.69) is 20.4 Å². The topological polar surface area (TPSA) is 91.2 Å². The van der Waals surface area contributed by atoms with Crippen LogP contribution in [0, 0.1) is 0 Å². The maximum atomic E-state index is 12.4. The average Bonchev–Trinajstić information content (AvgIpc) is 3.43. The molecule has 3 heterocycles. The average molecular weight is 454 g/mol. The number of halogens is 1. The number of nitrogens with one attached hydrogen (secondary N) is 1. The molecule has 0 radical (unpaired) electrons. The van der Waals surface area contributed by atoms with Crippen LogP contribution in [0.5, 0.6) is 11.5 Å². The Labute approximate surface area is 186 Å². The van der Waals surface area contributed by atoms with E-state index in [4.69, 9.17) is 21.1 Å². The minimum atomic E-state index is -0.100. The van der Waals surface area contributed by atoms with E-state index in [1.54, 1.807) is 16.9 Å². The zero-order valence-corrected chi connectivity index (χ0v) is 17.7. The molecule has 156 valence electrons. The highest BCUT2D eigenvalue weighted by Gasteiger charge is 2.15. The summed E-state index contributed by atoms with van der Waals surface area (Å²) in [5.41, 5.74) is 2.40. The molecule has 10 heteroatoms. The van der Waals surface area contributed by atoms with Gasteiger partial charge in [0, 0.05) is 11.6 Å². The summed E-state index contributed by atoms with van der Waals surface area (Å²) in [6, 6.07) is 13.0. The number of carbonyl (C=O) groups excluding carboxylic acids is 1. The minimum absolute atomic E-state index is 0.100. The lowest BCUT2D eigenvalue weighted by Crippen LogP contribution is -2.24. The molecule has 1 aliphatic heterocycles. The molecule has 5 rings (SSSR count). The van der Waals surface area contributed by atoms with Gasteiger partial charge < -0.3 is 14.8 Å². The number of carbonyl (C=O) groups is 1. The summed E-state index contributed by atoms with van der Waals surface area (Å²) in [6.45, 7) is 0.630. The number of ether oxygens (including phenoxy) is 2. The summed E-state index contributed by atoms with van der Waals surface area (Å²) < 4.78 is 12.4. The monoisotopic (exact) mass is 453 g/mol. The summed E-state index contributed by atoms with van der Waals surface area (Å²) in [5, 5.41) is 9.41. The third kappa shape index (κ3) is 4.14. The zero-order valence-electron chi connectivity index (χ0n) is 16.1. The van der Waals surface area contributed by atoms with E-state index in [0.717, 1.165) is 22.4 Å². The van der Waals surface area contributed by atoms with Crippen molar-refractivity contribution in [1.29, 1.82) is 0 Å². The predicted molar refractivity (Wildman–Crippen MR) is 117 cm³/mol. The second kappa shape index (κ2) is 8.44. The number of hydrogen-bond acceptors (Lipinski definition) is 7. The van der Waals surface area contributed by atoms with Crippen LogP contribution in [0.25, 0.3) is 16.7 Å². The van der Waals surface area contributed by atoms with Crippen molar-refractivity contribution in [3.05, 3.63) is 65.6 Å². The van der Waals surface area contributed by atoms with Gasteiger partial charge in [0.15, 0.2) is 17.1 Å². The lowest BCUT2D eigenvalue weighted by Gasteiger charge is -2.07. The summed E-state index contributed by atoms with van der Waals surface area (Å²) in [4.78, 5) is 21.0. The Bertz CT molecular complexity index is 1280. The molecule has 31 heavy (non-hydrogen) atoms. The van der Waals surface area contributed by atoms with Crippen LogP contribution in [0.2, 0.25) is 5.02 Å². The molecule has 2 aromatic carbocycles. The van der Waals surface area contributed by atoms with Crippen molar-refractivity contribution in [2.75, 3.05) is 12.5 Å². The molecule has 8 nitrogen and oxygen atoms in total. The smallest absolute Gasteiger partial charge is 0.231 e. The van der Waals surface area contributed by atoms with E-state index in [1.807, 2.05) is 36.4 Å². The largest absolute Gasteiger partial charge is 0.454 e. The van der Waals surface area contributed by atoms with Gasteiger partial charge in [0.2, 0.25) is 12.7 Å². The second-order valence-corrected chi connectivity index (χ2v) is 8.11. The molecule has 0 bridgehead atoms. The lowest BCUT2D eigenvalue weighted by atomic mass is 10.2. The molecule has 0 unspecified atom stereocenters. The molecule has 2 aromatic heterocycles. The molecule has 0 spiro atoms. The Kier molecular flexibility index (Phi) is 5.35. The maximum absolute atomic E-state index is 12.4. The Balaban J connectivity index is 1.25.